The minimum Gasteiger partial charge on any atom is -0.406 e. The van der Waals surface area contributed by atoms with Gasteiger partial charge in [0.25, 0.3) is 0 Å². The number of hydrogen-bond donors (Lipinski definition) is 2. The van der Waals surface area contributed by atoms with Gasteiger partial charge in [0, 0.05) is 5.69 Å². The lowest BCUT2D eigenvalue weighted by molar-refractivity contribution is -0.274. The van der Waals surface area contributed by atoms with Crippen LogP contribution in [-0.2, 0) is 27.7 Å². The van der Waals surface area contributed by atoms with Crippen molar-refractivity contribution in [2.45, 2.75) is 30.5 Å². The average molecular weight is 414 g/mol. The zero-order chi connectivity index (χ0) is 20.4. The number of hydrogen-bond acceptors (Lipinski definition) is 4. The van der Waals surface area contributed by atoms with Gasteiger partial charge in [0.05, 0.1) is 11.4 Å². The molecule has 0 aromatic heterocycles. The van der Waals surface area contributed by atoms with Gasteiger partial charge in [-0.2, -0.15) is 0 Å². The highest BCUT2D eigenvalue weighted by Crippen LogP contribution is 2.25. The molecular formula is C18H17F3N2O4S. The van der Waals surface area contributed by atoms with Crippen LogP contribution in [0.25, 0.3) is 0 Å². The molecule has 0 fully saturated rings. The fraction of sp³-hybridized carbons (Fsp3) is 0.278. The van der Waals surface area contributed by atoms with Gasteiger partial charge in [-0.1, -0.05) is 6.07 Å². The Morgan fingerprint density at radius 2 is 1.71 bits per heavy atom. The van der Waals surface area contributed by atoms with Crippen LogP contribution in [-0.4, -0.2) is 27.2 Å². The molecule has 2 aromatic carbocycles. The normalized spacial score (nSPS) is 13.8. The van der Waals surface area contributed by atoms with Gasteiger partial charge in [0.15, 0.2) is 0 Å². The number of carbonyl (C=O) groups excluding carboxylic acids is 1. The second-order valence-corrected chi connectivity index (χ2v) is 8.00. The van der Waals surface area contributed by atoms with E-state index in [1.165, 1.54) is 11.1 Å². The molecular weight excluding hydrogens is 397 g/mol. The van der Waals surface area contributed by atoms with Crippen LogP contribution < -0.4 is 14.8 Å². The molecule has 10 heteroatoms. The van der Waals surface area contributed by atoms with E-state index in [1.54, 1.807) is 6.07 Å². The Kier molecular flexibility index (Phi) is 5.61. The van der Waals surface area contributed by atoms with Crippen molar-refractivity contribution in [3.63, 3.8) is 0 Å². The maximum absolute atomic E-state index is 12.2. The van der Waals surface area contributed by atoms with E-state index in [-0.39, 0.29) is 4.90 Å². The predicted octanol–water partition coefficient (Wildman–Crippen LogP) is 2.99. The van der Waals surface area contributed by atoms with E-state index < -0.39 is 34.6 Å². The second-order valence-electron chi connectivity index (χ2n) is 6.23. The first kappa shape index (κ1) is 20.2. The van der Waals surface area contributed by atoms with E-state index >= 15 is 0 Å². The molecule has 0 saturated carbocycles. The summed E-state index contributed by atoms with van der Waals surface area (Å²) in [5.74, 6) is -1.10. The summed E-state index contributed by atoms with van der Waals surface area (Å²) in [6.45, 7) is -0.514. The molecule has 0 aliphatic heterocycles. The number of anilines is 1. The number of fused-ring (bicyclic) bond motifs is 1. The van der Waals surface area contributed by atoms with E-state index in [4.69, 9.17) is 0 Å². The Labute approximate surface area is 159 Å². The first-order chi connectivity index (χ1) is 13.1. The molecule has 0 saturated heterocycles. The zero-order valence-electron chi connectivity index (χ0n) is 14.5. The summed E-state index contributed by atoms with van der Waals surface area (Å²) in [7, 11) is -4.07. The number of rotatable bonds is 6. The minimum atomic E-state index is -4.87. The van der Waals surface area contributed by atoms with Gasteiger partial charge in [-0.25, -0.2) is 13.1 Å². The standard InChI is InChI=1S/C18H17F3N2O4S/c19-18(20,21)27-15-6-8-16(9-7-15)28(25,26)22-11-17(24)23-14-5-4-12-2-1-3-13(12)10-14/h4-10,22H,1-3,11H2,(H,23,24). The average Bonchev–Trinajstić information content (AvgIpc) is 3.07. The molecule has 3 rings (SSSR count). The zero-order valence-corrected chi connectivity index (χ0v) is 15.4. The number of halogens is 3. The van der Waals surface area contributed by atoms with E-state index in [9.17, 15) is 26.4 Å². The molecule has 0 bridgehead atoms. The van der Waals surface area contributed by atoms with E-state index in [2.05, 4.69) is 14.8 Å². The van der Waals surface area contributed by atoms with E-state index in [0.29, 0.717) is 5.69 Å². The van der Waals surface area contributed by atoms with Gasteiger partial charge >= 0.3 is 6.36 Å². The van der Waals surface area contributed by atoms with Crippen molar-refractivity contribution in [3.05, 3.63) is 53.6 Å². The Bertz CT molecular complexity index is 973. The smallest absolute Gasteiger partial charge is 0.406 e. The first-order valence-electron chi connectivity index (χ1n) is 8.39. The predicted molar refractivity (Wildman–Crippen MR) is 95.4 cm³/mol. The highest BCUT2D eigenvalue weighted by molar-refractivity contribution is 7.89. The molecule has 0 unspecified atom stereocenters. The van der Waals surface area contributed by atoms with Crippen molar-refractivity contribution in [3.8, 4) is 5.75 Å². The van der Waals surface area contributed by atoms with Crippen molar-refractivity contribution >= 4 is 21.6 Å². The van der Waals surface area contributed by atoms with Crippen LogP contribution in [0, 0.1) is 0 Å². The summed E-state index contributed by atoms with van der Waals surface area (Å²) in [5, 5.41) is 2.62. The maximum atomic E-state index is 12.2. The minimum absolute atomic E-state index is 0.285. The number of benzene rings is 2. The third-order valence-electron chi connectivity index (χ3n) is 4.17. The van der Waals surface area contributed by atoms with Gasteiger partial charge < -0.3 is 10.1 Å². The third kappa shape index (κ3) is 5.23. The lowest BCUT2D eigenvalue weighted by Crippen LogP contribution is -2.32. The van der Waals surface area contributed by atoms with Crippen molar-refractivity contribution in [2.24, 2.45) is 0 Å². The lowest BCUT2D eigenvalue weighted by Gasteiger charge is -2.11. The number of sulfonamides is 1. The van der Waals surface area contributed by atoms with Gasteiger partial charge in [-0.05, 0) is 66.8 Å². The van der Waals surface area contributed by atoms with E-state index in [1.807, 2.05) is 12.1 Å². The van der Waals surface area contributed by atoms with Crippen LogP contribution in [0.2, 0.25) is 0 Å². The SMILES string of the molecule is O=C(CNS(=O)(=O)c1ccc(OC(F)(F)F)cc1)Nc1ccc2c(c1)CCC2. The van der Waals surface area contributed by atoms with E-state index in [0.717, 1.165) is 43.5 Å². The topological polar surface area (TPSA) is 84.5 Å². The molecule has 0 spiro atoms. The van der Waals surface area contributed by atoms with Crippen molar-refractivity contribution in [2.75, 3.05) is 11.9 Å². The summed E-state index contributed by atoms with van der Waals surface area (Å²) < 4.78 is 66.6. The molecule has 28 heavy (non-hydrogen) atoms. The Balaban J connectivity index is 1.57. The molecule has 2 aromatic rings. The Morgan fingerprint density at radius 3 is 2.39 bits per heavy atom. The van der Waals surface area contributed by atoms with Gasteiger partial charge in [0.1, 0.15) is 5.75 Å². The molecule has 0 radical (unpaired) electrons. The number of aryl methyl sites for hydroxylation is 2. The number of amides is 1. The van der Waals surface area contributed by atoms with Crippen LogP contribution in [0.1, 0.15) is 17.5 Å². The monoisotopic (exact) mass is 414 g/mol. The fourth-order valence-corrected chi connectivity index (χ4v) is 3.90. The molecule has 1 amide bonds. The van der Waals surface area contributed by atoms with Crippen LogP contribution in [0.3, 0.4) is 0 Å². The van der Waals surface area contributed by atoms with Gasteiger partial charge in [-0.15, -0.1) is 13.2 Å². The summed E-state index contributed by atoms with van der Waals surface area (Å²) in [6.07, 6.45) is -1.84. The first-order valence-corrected chi connectivity index (χ1v) is 9.88. The third-order valence-corrected chi connectivity index (χ3v) is 5.59. The quantitative estimate of drug-likeness (QED) is 0.761. The second kappa shape index (κ2) is 7.80. The molecule has 6 nitrogen and oxygen atoms in total. The van der Waals surface area contributed by atoms with Crippen LogP contribution in [0.15, 0.2) is 47.4 Å². The number of ether oxygens (including phenoxy) is 1. The van der Waals surface area contributed by atoms with Crippen LogP contribution >= 0.6 is 0 Å². The molecule has 0 atom stereocenters. The highest BCUT2D eigenvalue weighted by Gasteiger charge is 2.31. The summed E-state index contributed by atoms with van der Waals surface area (Å²) in [4.78, 5) is 11.7. The fourth-order valence-electron chi connectivity index (χ4n) is 2.92. The Hall–Kier alpha value is -2.59. The van der Waals surface area contributed by atoms with Crippen LogP contribution in [0.5, 0.6) is 5.75 Å². The van der Waals surface area contributed by atoms with Gasteiger partial charge in [0.2, 0.25) is 15.9 Å². The molecule has 150 valence electrons. The number of carbonyl (C=O) groups is 1. The maximum Gasteiger partial charge on any atom is 0.573 e. The largest absolute Gasteiger partial charge is 0.573 e. The van der Waals surface area contributed by atoms with Gasteiger partial charge in [-0.3, -0.25) is 4.79 Å². The molecule has 1 aliphatic carbocycles. The van der Waals surface area contributed by atoms with Crippen molar-refractivity contribution in [1.82, 2.24) is 4.72 Å². The van der Waals surface area contributed by atoms with Crippen molar-refractivity contribution < 1.29 is 31.1 Å². The highest BCUT2D eigenvalue weighted by atomic mass is 32.2. The summed E-state index contributed by atoms with van der Waals surface area (Å²) in [6, 6.07) is 9.25. The molecule has 0 heterocycles. The number of alkyl halides is 3. The lowest BCUT2D eigenvalue weighted by atomic mass is 10.1. The molecule has 1 aliphatic rings. The number of nitrogens with one attached hydrogen (secondary N) is 2. The summed E-state index contributed by atoms with van der Waals surface area (Å²) in [5.41, 5.74) is 3.00. The Morgan fingerprint density at radius 1 is 1.04 bits per heavy atom. The summed E-state index contributed by atoms with van der Waals surface area (Å²) >= 11 is 0. The molecule has 2 N–H and O–H groups in total. The van der Waals surface area contributed by atoms with Crippen LogP contribution in [0.4, 0.5) is 18.9 Å². The van der Waals surface area contributed by atoms with Crippen molar-refractivity contribution in [1.29, 1.82) is 0 Å².